The number of aryl methyl sites for hydroxylation is 1. The highest BCUT2D eigenvalue weighted by molar-refractivity contribution is 5.79. The molecule has 3 N–H and O–H groups in total. The number of rotatable bonds is 11. The van der Waals surface area contributed by atoms with Crippen LogP contribution in [0.1, 0.15) is 43.6 Å². The summed E-state index contributed by atoms with van der Waals surface area (Å²) in [6, 6.07) is 7.50. The molecule has 0 bridgehead atoms. The SMILES string of the molecule is COCCCNC(=NCc1nnc(C)n1C)NCC(O)c1cccc(OC(C)C)c1. The van der Waals surface area contributed by atoms with E-state index < -0.39 is 6.10 Å². The van der Waals surface area contributed by atoms with Gasteiger partial charge in [-0.3, -0.25) is 0 Å². The summed E-state index contributed by atoms with van der Waals surface area (Å²) in [7, 11) is 3.59. The topological polar surface area (TPSA) is 106 Å². The molecular weight excluding hydrogens is 384 g/mol. The number of benzene rings is 1. The summed E-state index contributed by atoms with van der Waals surface area (Å²) in [5, 5.41) is 25.3. The lowest BCUT2D eigenvalue weighted by atomic mass is 10.1. The molecule has 1 atom stereocenters. The zero-order chi connectivity index (χ0) is 21.9. The summed E-state index contributed by atoms with van der Waals surface area (Å²) >= 11 is 0. The molecule has 2 rings (SSSR count). The molecule has 1 aromatic heterocycles. The number of hydrogen-bond donors (Lipinski definition) is 3. The molecule has 0 spiro atoms. The van der Waals surface area contributed by atoms with Crippen LogP contribution in [0, 0.1) is 6.92 Å². The second kappa shape index (κ2) is 12.1. The van der Waals surface area contributed by atoms with E-state index in [0.717, 1.165) is 29.4 Å². The van der Waals surface area contributed by atoms with Crippen molar-refractivity contribution in [2.24, 2.45) is 12.0 Å². The Kier molecular flexibility index (Phi) is 9.56. The highest BCUT2D eigenvalue weighted by atomic mass is 16.5. The first-order chi connectivity index (χ1) is 14.4. The second-order valence-corrected chi connectivity index (χ2v) is 7.30. The highest BCUT2D eigenvalue weighted by Gasteiger charge is 2.11. The number of aliphatic imine (C=N–C) groups is 1. The number of hydrogen-bond acceptors (Lipinski definition) is 6. The van der Waals surface area contributed by atoms with Crippen LogP contribution in [-0.2, 0) is 18.3 Å². The third kappa shape index (κ3) is 7.64. The Hall–Kier alpha value is -2.65. The molecule has 9 heteroatoms. The average molecular weight is 419 g/mol. The Balaban J connectivity index is 2.00. The van der Waals surface area contributed by atoms with E-state index >= 15 is 0 Å². The lowest BCUT2D eigenvalue weighted by molar-refractivity contribution is 0.179. The Bertz CT molecular complexity index is 806. The fourth-order valence-corrected chi connectivity index (χ4v) is 2.71. The fourth-order valence-electron chi connectivity index (χ4n) is 2.71. The zero-order valence-corrected chi connectivity index (χ0v) is 18.6. The van der Waals surface area contributed by atoms with Crippen molar-refractivity contribution < 1.29 is 14.6 Å². The smallest absolute Gasteiger partial charge is 0.191 e. The summed E-state index contributed by atoms with van der Waals surface area (Å²) in [5.41, 5.74) is 0.781. The van der Waals surface area contributed by atoms with Crippen LogP contribution in [0.4, 0.5) is 0 Å². The number of aromatic nitrogens is 3. The van der Waals surface area contributed by atoms with Gasteiger partial charge in [-0.05, 0) is 44.9 Å². The van der Waals surface area contributed by atoms with E-state index in [1.54, 1.807) is 7.11 Å². The van der Waals surface area contributed by atoms with Gasteiger partial charge in [0.25, 0.3) is 0 Å². The molecule has 0 aliphatic rings. The quantitative estimate of drug-likeness (QED) is 0.290. The normalized spacial score (nSPS) is 12.8. The fraction of sp³-hybridized carbons (Fsp3) is 0.571. The molecule has 0 aliphatic heterocycles. The van der Waals surface area contributed by atoms with Crippen molar-refractivity contribution in [1.82, 2.24) is 25.4 Å². The summed E-state index contributed by atoms with van der Waals surface area (Å²) in [4.78, 5) is 4.58. The monoisotopic (exact) mass is 418 g/mol. The molecule has 30 heavy (non-hydrogen) atoms. The number of methoxy groups -OCH3 is 1. The van der Waals surface area contributed by atoms with Gasteiger partial charge in [-0.25, -0.2) is 4.99 Å². The van der Waals surface area contributed by atoms with Gasteiger partial charge in [0.15, 0.2) is 11.8 Å². The lowest BCUT2D eigenvalue weighted by Crippen LogP contribution is -2.40. The van der Waals surface area contributed by atoms with Crippen LogP contribution in [-0.4, -0.2) is 58.7 Å². The van der Waals surface area contributed by atoms with Gasteiger partial charge >= 0.3 is 0 Å². The predicted octanol–water partition coefficient (Wildman–Crippen LogP) is 1.72. The van der Waals surface area contributed by atoms with Crippen molar-refractivity contribution in [3.8, 4) is 5.75 Å². The Labute approximate surface area is 178 Å². The lowest BCUT2D eigenvalue weighted by Gasteiger charge is -2.17. The molecular formula is C21H34N6O3. The van der Waals surface area contributed by atoms with Crippen LogP contribution >= 0.6 is 0 Å². The summed E-state index contributed by atoms with van der Waals surface area (Å²) in [6.07, 6.45) is 0.218. The van der Waals surface area contributed by atoms with Crippen molar-refractivity contribution in [3.05, 3.63) is 41.5 Å². The minimum atomic E-state index is -0.705. The van der Waals surface area contributed by atoms with E-state index in [9.17, 15) is 5.11 Å². The van der Waals surface area contributed by atoms with Gasteiger partial charge in [-0.1, -0.05) is 12.1 Å². The third-order valence-corrected chi connectivity index (χ3v) is 4.46. The predicted molar refractivity (Wildman–Crippen MR) is 117 cm³/mol. The van der Waals surface area contributed by atoms with E-state index in [0.29, 0.717) is 32.2 Å². The molecule has 2 aromatic rings. The van der Waals surface area contributed by atoms with Crippen molar-refractivity contribution in [3.63, 3.8) is 0 Å². The van der Waals surface area contributed by atoms with E-state index in [4.69, 9.17) is 9.47 Å². The molecule has 9 nitrogen and oxygen atoms in total. The summed E-state index contributed by atoms with van der Waals surface area (Å²) < 4.78 is 12.7. The van der Waals surface area contributed by atoms with Gasteiger partial charge < -0.3 is 29.8 Å². The van der Waals surface area contributed by atoms with Crippen molar-refractivity contribution in [1.29, 1.82) is 0 Å². The molecule has 0 radical (unpaired) electrons. The average Bonchev–Trinajstić information content (AvgIpc) is 3.04. The number of aliphatic hydroxyl groups is 1. The molecule has 0 aliphatic carbocycles. The number of nitrogens with one attached hydrogen (secondary N) is 2. The number of guanidine groups is 1. The van der Waals surface area contributed by atoms with Gasteiger partial charge in [-0.2, -0.15) is 0 Å². The van der Waals surface area contributed by atoms with Crippen molar-refractivity contribution >= 4 is 5.96 Å². The van der Waals surface area contributed by atoms with Crippen molar-refractivity contribution in [2.75, 3.05) is 26.8 Å². The van der Waals surface area contributed by atoms with E-state index in [-0.39, 0.29) is 6.10 Å². The van der Waals surface area contributed by atoms with Gasteiger partial charge in [0.2, 0.25) is 0 Å². The minimum absolute atomic E-state index is 0.0785. The summed E-state index contributed by atoms with van der Waals surface area (Å²) in [5.74, 6) is 2.94. The first-order valence-corrected chi connectivity index (χ1v) is 10.2. The molecule has 0 fully saturated rings. The van der Waals surface area contributed by atoms with E-state index in [1.807, 2.05) is 56.7 Å². The van der Waals surface area contributed by atoms with Crippen LogP contribution in [0.5, 0.6) is 5.75 Å². The van der Waals surface area contributed by atoms with Crippen molar-refractivity contribution in [2.45, 2.75) is 45.9 Å². The van der Waals surface area contributed by atoms with Crippen LogP contribution in [0.25, 0.3) is 0 Å². The van der Waals surface area contributed by atoms with Crippen LogP contribution in [0.2, 0.25) is 0 Å². The molecule has 1 heterocycles. The van der Waals surface area contributed by atoms with Crippen LogP contribution in [0.15, 0.2) is 29.3 Å². The molecule has 1 aromatic carbocycles. The maximum Gasteiger partial charge on any atom is 0.191 e. The number of nitrogens with zero attached hydrogens (tertiary/aromatic N) is 4. The van der Waals surface area contributed by atoms with Gasteiger partial charge in [0.1, 0.15) is 18.1 Å². The molecule has 0 saturated carbocycles. The molecule has 0 saturated heterocycles. The largest absolute Gasteiger partial charge is 0.491 e. The Morgan fingerprint density at radius 1 is 1.27 bits per heavy atom. The zero-order valence-electron chi connectivity index (χ0n) is 18.6. The Morgan fingerprint density at radius 2 is 2.07 bits per heavy atom. The molecule has 0 amide bonds. The standard InChI is InChI=1S/C21H34N6O3/c1-15(2)30-18-9-6-8-17(12-18)19(28)13-23-21(22-10-7-11-29-5)24-14-20-26-25-16(3)27(20)4/h6,8-9,12,15,19,28H,7,10-11,13-14H2,1-5H3,(H2,22,23,24). The first-order valence-electron chi connectivity index (χ1n) is 10.2. The molecule has 166 valence electrons. The van der Waals surface area contributed by atoms with Crippen LogP contribution in [0.3, 0.4) is 0 Å². The van der Waals surface area contributed by atoms with E-state index in [2.05, 4.69) is 25.8 Å². The summed E-state index contributed by atoms with van der Waals surface area (Å²) in [6.45, 7) is 7.89. The number of aliphatic hydroxyl groups excluding tert-OH is 1. The third-order valence-electron chi connectivity index (χ3n) is 4.46. The first kappa shape index (κ1) is 23.6. The van der Waals surface area contributed by atoms with Crippen LogP contribution < -0.4 is 15.4 Å². The van der Waals surface area contributed by atoms with E-state index in [1.165, 1.54) is 0 Å². The number of ether oxygens (including phenoxy) is 2. The Morgan fingerprint density at radius 3 is 2.73 bits per heavy atom. The molecule has 1 unspecified atom stereocenters. The highest BCUT2D eigenvalue weighted by Crippen LogP contribution is 2.19. The van der Waals surface area contributed by atoms with Gasteiger partial charge in [-0.15, -0.1) is 10.2 Å². The minimum Gasteiger partial charge on any atom is -0.491 e. The maximum absolute atomic E-state index is 10.6. The van der Waals surface area contributed by atoms with Gasteiger partial charge in [0, 0.05) is 33.9 Å². The maximum atomic E-state index is 10.6. The van der Waals surface area contributed by atoms with Gasteiger partial charge in [0.05, 0.1) is 12.2 Å². The second-order valence-electron chi connectivity index (χ2n) is 7.30.